The van der Waals surface area contributed by atoms with Crippen LogP contribution in [0.4, 0.5) is 0 Å². The van der Waals surface area contributed by atoms with Gasteiger partial charge in [0.25, 0.3) is 0 Å². The summed E-state index contributed by atoms with van der Waals surface area (Å²) >= 11 is 3.48. The minimum atomic E-state index is 0.352. The summed E-state index contributed by atoms with van der Waals surface area (Å²) in [5.74, 6) is 1.09. The summed E-state index contributed by atoms with van der Waals surface area (Å²) in [6, 6.07) is 5.44. The summed E-state index contributed by atoms with van der Waals surface area (Å²) in [7, 11) is 0. The molecule has 70 valence electrons. The summed E-state index contributed by atoms with van der Waals surface area (Å²) < 4.78 is 1.09. The van der Waals surface area contributed by atoms with Gasteiger partial charge in [-0.3, -0.25) is 0 Å². The van der Waals surface area contributed by atoms with E-state index < -0.39 is 0 Å². The van der Waals surface area contributed by atoms with Gasteiger partial charge in [-0.25, -0.2) is 0 Å². The Bertz CT molecular complexity index is 310. The van der Waals surface area contributed by atoms with E-state index in [1.807, 2.05) is 12.1 Å². The van der Waals surface area contributed by atoms with Gasteiger partial charge in [0.15, 0.2) is 0 Å². The first kappa shape index (κ1) is 9.03. The van der Waals surface area contributed by atoms with Crippen LogP contribution in [0.2, 0.25) is 0 Å². The van der Waals surface area contributed by atoms with Gasteiger partial charge in [0.2, 0.25) is 0 Å². The van der Waals surface area contributed by atoms with Crippen LogP contribution in [0.15, 0.2) is 22.7 Å². The molecule has 0 unspecified atom stereocenters. The normalized spacial score (nSPS) is 17.0. The minimum absolute atomic E-state index is 0.352. The maximum absolute atomic E-state index is 9.30. The van der Waals surface area contributed by atoms with Crippen LogP contribution in [0, 0.1) is 5.92 Å². The van der Waals surface area contributed by atoms with E-state index in [1.165, 1.54) is 5.56 Å². The molecule has 2 rings (SSSR count). The molecular weight excluding hydrogens is 230 g/mol. The highest BCUT2D eigenvalue weighted by molar-refractivity contribution is 9.10. The molecule has 0 bridgehead atoms. The van der Waals surface area contributed by atoms with Gasteiger partial charge in [-0.2, -0.15) is 0 Å². The Balaban J connectivity index is 2.13. The van der Waals surface area contributed by atoms with Gasteiger partial charge in [0.1, 0.15) is 5.75 Å². The van der Waals surface area contributed by atoms with Crippen LogP contribution in [0.25, 0.3) is 0 Å². The minimum Gasteiger partial charge on any atom is -0.508 e. The monoisotopic (exact) mass is 241 g/mol. The molecule has 2 nitrogen and oxygen atoms in total. The highest BCUT2D eigenvalue weighted by Crippen LogP contribution is 2.25. The molecule has 3 heteroatoms. The number of benzene rings is 1. The largest absolute Gasteiger partial charge is 0.508 e. The maximum Gasteiger partial charge on any atom is 0.115 e. The fraction of sp³-hybridized carbons (Fsp3) is 0.400. The van der Waals surface area contributed by atoms with Crippen LogP contribution < -0.4 is 5.32 Å². The van der Waals surface area contributed by atoms with Crippen LogP contribution in [0.5, 0.6) is 5.75 Å². The van der Waals surface area contributed by atoms with Gasteiger partial charge in [-0.1, -0.05) is 15.9 Å². The third-order valence-corrected chi connectivity index (χ3v) is 3.18. The van der Waals surface area contributed by atoms with E-state index in [0.29, 0.717) is 5.75 Å². The van der Waals surface area contributed by atoms with Crippen LogP contribution in [-0.4, -0.2) is 18.2 Å². The van der Waals surface area contributed by atoms with Gasteiger partial charge >= 0.3 is 0 Å². The van der Waals surface area contributed by atoms with Crippen molar-refractivity contribution in [3.8, 4) is 5.75 Å². The van der Waals surface area contributed by atoms with Gasteiger partial charge in [-0.05, 0) is 49.2 Å². The third-order valence-electron chi connectivity index (χ3n) is 2.40. The average molecular weight is 242 g/mol. The molecule has 0 radical (unpaired) electrons. The predicted molar refractivity (Wildman–Crippen MR) is 55.9 cm³/mol. The second kappa shape index (κ2) is 3.68. The highest BCUT2D eigenvalue weighted by atomic mass is 79.9. The molecule has 1 aromatic carbocycles. The third kappa shape index (κ3) is 2.03. The van der Waals surface area contributed by atoms with Gasteiger partial charge < -0.3 is 10.4 Å². The number of nitrogens with one attached hydrogen (secondary N) is 1. The standard InChI is InChI=1S/C10H12BrNO/c11-10-2-1-9(13)4-8(10)3-7-5-12-6-7/h1-2,4,7,12-13H,3,5-6H2. The first-order valence-electron chi connectivity index (χ1n) is 4.44. The van der Waals surface area contributed by atoms with Crippen LogP contribution in [0.3, 0.4) is 0 Å². The fourth-order valence-electron chi connectivity index (χ4n) is 1.52. The number of halogens is 1. The molecule has 1 aromatic rings. The van der Waals surface area contributed by atoms with Crippen molar-refractivity contribution in [1.82, 2.24) is 5.32 Å². The molecule has 1 heterocycles. The zero-order chi connectivity index (χ0) is 9.26. The second-order valence-electron chi connectivity index (χ2n) is 3.50. The topological polar surface area (TPSA) is 32.3 Å². The molecule has 13 heavy (non-hydrogen) atoms. The van der Waals surface area contributed by atoms with E-state index >= 15 is 0 Å². The number of rotatable bonds is 2. The Kier molecular flexibility index (Phi) is 2.56. The summed E-state index contributed by atoms with van der Waals surface area (Å²) in [5, 5.41) is 12.5. The van der Waals surface area contributed by atoms with Gasteiger partial charge in [0, 0.05) is 4.47 Å². The molecule has 1 saturated heterocycles. The zero-order valence-corrected chi connectivity index (χ0v) is 8.84. The van der Waals surface area contributed by atoms with Crippen LogP contribution >= 0.6 is 15.9 Å². The summed E-state index contributed by atoms with van der Waals surface area (Å²) in [4.78, 5) is 0. The van der Waals surface area contributed by atoms with E-state index in [1.54, 1.807) is 6.07 Å². The van der Waals surface area contributed by atoms with Crippen molar-refractivity contribution in [2.75, 3.05) is 13.1 Å². The molecule has 0 amide bonds. The molecule has 1 aliphatic rings. The number of hydrogen-bond acceptors (Lipinski definition) is 2. The van der Waals surface area contributed by atoms with E-state index in [9.17, 15) is 5.11 Å². The van der Waals surface area contributed by atoms with Crippen molar-refractivity contribution >= 4 is 15.9 Å². The van der Waals surface area contributed by atoms with Crippen molar-refractivity contribution in [1.29, 1.82) is 0 Å². The molecule has 1 aliphatic heterocycles. The van der Waals surface area contributed by atoms with Crippen molar-refractivity contribution in [3.05, 3.63) is 28.2 Å². The summed E-state index contributed by atoms with van der Waals surface area (Å²) in [5.41, 5.74) is 1.20. The fourth-order valence-corrected chi connectivity index (χ4v) is 1.93. The Labute approximate surface area is 86.1 Å². The average Bonchev–Trinajstić information content (AvgIpc) is 2.03. The number of phenolic OH excluding ortho intramolecular Hbond substituents is 1. The Hall–Kier alpha value is -0.540. The summed E-state index contributed by atoms with van der Waals surface area (Å²) in [6.45, 7) is 2.20. The smallest absolute Gasteiger partial charge is 0.115 e. The lowest BCUT2D eigenvalue weighted by atomic mass is 9.94. The van der Waals surface area contributed by atoms with Crippen molar-refractivity contribution in [2.24, 2.45) is 5.92 Å². The maximum atomic E-state index is 9.30. The Morgan fingerprint density at radius 1 is 1.46 bits per heavy atom. The van der Waals surface area contributed by atoms with Crippen molar-refractivity contribution < 1.29 is 5.11 Å². The Morgan fingerprint density at radius 2 is 2.23 bits per heavy atom. The van der Waals surface area contributed by atoms with E-state index in [2.05, 4.69) is 21.2 Å². The van der Waals surface area contributed by atoms with Crippen molar-refractivity contribution in [3.63, 3.8) is 0 Å². The van der Waals surface area contributed by atoms with Crippen LogP contribution in [-0.2, 0) is 6.42 Å². The Morgan fingerprint density at radius 3 is 2.85 bits per heavy atom. The highest BCUT2D eigenvalue weighted by Gasteiger charge is 2.18. The molecule has 0 atom stereocenters. The van der Waals surface area contributed by atoms with Gasteiger partial charge in [0.05, 0.1) is 0 Å². The van der Waals surface area contributed by atoms with E-state index in [-0.39, 0.29) is 0 Å². The van der Waals surface area contributed by atoms with E-state index in [4.69, 9.17) is 0 Å². The molecule has 1 fully saturated rings. The number of phenols is 1. The quantitative estimate of drug-likeness (QED) is 0.830. The molecule has 2 N–H and O–H groups in total. The second-order valence-corrected chi connectivity index (χ2v) is 4.36. The van der Waals surface area contributed by atoms with E-state index in [0.717, 1.165) is 29.9 Å². The summed E-state index contributed by atoms with van der Waals surface area (Å²) in [6.07, 6.45) is 1.04. The lowest BCUT2D eigenvalue weighted by molar-refractivity contribution is 0.345. The first-order chi connectivity index (χ1) is 6.25. The molecule has 0 aromatic heterocycles. The molecular formula is C10H12BrNO. The molecule has 0 aliphatic carbocycles. The SMILES string of the molecule is Oc1ccc(Br)c(CC2CNC2)c1. The lowest BCUT2D eigenvalue weighted by Crippen LogP contribution is -2.43. The first-order valence-corrected chi connectivity index (χ1v) is 5.23. The predicted octanol–water partition coefficient (Wildman–Crippen LogP) is 1.92. The number of hydrogen-bond donors (Lipinski definition) is 2. The number of aromatic hydroxyl groups is 1. The molecule has 0 saturated carbocycles. The van der Waals surface area contributed by atoms with Crippen molar-refractivity contribution in [2.45, 2.75) is 6.42 Å². The van der Waals surface area contributed by atoms with Gasteiger partial charge in [-0.15, -0.1) is 0 Å². The zero-order valence-electron chi connectivity index (χ0n) is 7.26. The van der Waals surface area contributed by atoms with Crippen LogP contribution in [0.1, 0.15) is 5.56 Å². The molecule has 0 spiro atoms. The lowest BCUT2D eigenvalue weighted by Gasteiger charge is -2.27.